The number of carbonyl (C=O) groups excluding carboxylic acids is 1. The van der Waals surface area contributed by atoms with Crippen LogP contribution >= 0.6 is 0 Å². The topological polar surface area (TPSA) is 66.8 Å². The molecule has 2 unspecified atom stereocenters. The van der Waals surface area contributed by atoms with Gasteiger partial charge in [0, 0.05) is 13.0 Å². The van der Waals surface area contributed by atoms with Crippen LogP contribution in [0, 0.1) is 6.92 Å². The van der Waals surface area contributed by atoms with E-state index < -0.39 is 30.2 Å². The standard InChI is InChI=1S/C15H18FNO4/c1-10-3-5-12(6-4-10)21-11(2)13(18)17-8-7-15(16,9-17)14(19)20/h3-6,11H,7-9H2,1-2H3,(H,19,20). The number of halogens is 1. The number of rotatable bonds is 4. The molecule has 2 atom stereocenters. The minimum atomic E-state index is -2.35. The van der Waals surface area contributed by atoms with Crippen LogP contribution in [0.2, 0.25) is 0 Å². The third kappa shape index (κ3) is 3.32. The van der Waals surface area contributed by atoms with E-state index in [1.54, 1.807) is 19.1 Å². The minimum Gasteiger partial charge on any atom is -0.481 e. The fourth-order valence-electron chi connectivity index (χ4n) is 2.26. The van der Waals surface area contributed by atoms with Gasteiger partial charge in [0.05, 0.1) is 6.54 Å². The molecule has 2 rings (SSSR count). The quantitative estimate of drug-likeness (QED) is 0.919. The molecule has 0 aromatic heterocycles. The van der Waals surface area contributed by atoms with Crippen LogP contribution in [0.25, 0.3) is 0 Å². The first-order valence-corrected chi connectivity index (χ1v) is 6.76. The zero-order valence-corrected chi connectivity index (χ0v) is 12.0. The number of alkyl halides is 1. The van der Waals surface area contributed by atoms with Crippen LogP contribution in [0.5, 0.6) is 5.75 Å². The highest BCUT2D eigenvalue weighted by atomic mass is 19.1. The fraction of sp³-hybridized carbons (Fsp3) is 0.467. The summed E-state index contributed by atoms with van der Waals surface area (Å²) in [6.07, 6.45) is -0.977. The highest BCUT2D eigenvalue weighted by molar-refractivity contribution is 5.84. The zero-order chi connectivity index (χ0) is 15.6. The van der Waals surface area contributed by atoms with Crippen LogP contribution in [0.1, 0.15) is 18.9 Å². The van der Waals surface area contributed by atoms with Crippen molar-refractivity contribution >= 4 is 11.9 Å². The van der Waals surface area contributed by atoms with Crippen molar-refractivity contribution in [1.29, 1.82) is 0 Å². The van der Waals surface area contributed by atoms with Gasteiger partial charge in [0.1, 0.15) is 5.75 Å². The molecule has 0 bridgehead atoms. The smallest absolute Gasteiger partial charge is 0.343 e. The third-order valence-electron chi connectivity index (χ3n) is 3.60. The summed E-state index contributed by atoms with van der Waals surface area (Å²) < 4.78 is 19.5. The average molecular weight is 295 g/mol. The summed E-state index contributed by atoms with van der Waals surface area (Å²) in [6, 6.07) is 7.22. The Bertz CT molecular complexity index is 545. The van der Waals surface area contributed by atoms with Crippen LogP contribution in [0.3, 0.4) is 0 Å². The number of aliphatic carboxylic acids is 1. The van der Waals surface area contributed by atoms with Gasteiger partial charge in [0.25, 0.3) is 5.91 Å². The van der Waals surface area contributed by atoms with E-state index in [0.29, 0.717) is 5.75 Å². The minimum absolute atomic E-state index is 0.0865. The van der Waals surface area contributed by atoms with Crippen molar-refractivity contribution < 1.29 is 23.8 Å². The van der Waals surface area contributed by atoms with Crippen LogP contribution < -0.4 is 4.74 Å². The molecule has 1 amide bonds. The molecule has 0 spiro atoms. The van der Waals surface area contributed by atoms with Gasteiger partial charge in [-0.05, 0) is 26.0 Å². The first-order chi connectivity index (χ1) is 9.82. The number of benzene rings is 1. The van der Waals surface area contributed by atoms with Gasteiger partial charge in [-0.25, -0.2) is 9.18 Å². The Morgan fingerprint density at radius 3 is 2.52 bits per heavy atom. The molecule has 21 heavy (non-hydrogen) atoms. The number of hydrogen-bond acceptors (Lipinski definition) is 3. The molecular weight excluding hydrogens is 277 g/mol. The normalized spacial score (nSPS) is 22.9. The van der Waals surface area contributed by atoms with Crippen LogP contribution in [-0.2, 0) is 9.59 Å². The van der Waals surface area contributed by atoms with Crippen LogP contribution in [0.15, 0.2) is 24.3 Å². The summed E-state index contributed by atoms with van der Waals surface area (Å²) in [6.45, 7) is 3.17. The van der Waals surface area contributed by atoms with Crippen LogP contribution in [0.4, 0.5) is 4.39 Å². The molecule has 0 aliphatic carbocycles. The molecule has 0 radical (unpaired) electrons. The Labute approximate surface area is 122 Å². The van der Waals surface area contributed by atoms with Crippen molar-refractivity contribution in [3.63, 3.8) is 0 Å². The SMILES string of the molecule is Cc1ccc(OC(C)C(=O)N2CCC(F)(C(=O)O)C2)cc1. The first kappa shape index (κ1) is 15.3. The number of carboxylic acids is 1. The maximum absolute atomic E-state index is 13.9. The van der Waals surface area contributed by atoms with Gasteiger partial charge >= 0.3 is 5.97 Å². The number of likely N-dealkylation sites (tertiary alicyclic amines) is 1. The van der Waals surface area contributed by atoms with Gasteiger partial charge in [-0.2, -0.15) is 0 Å². The molecule has 0 saturated carbocycles. The zero-order valence-electron chi connectivity index (χ0n) is 12.0. The predicted molar refractivity (Wildman–Crippen MR) is 73.9 cm³/mol. The largest absolute Gasteiger partial charge is 0.481 e. The predicted octanol–water partition coefficient (Wildman–Crippen LogP) is 1.79. The van der Waals surface area contributed by atoms with Gasteiger partial charge in [-0.15, -0.1) is 0 Å². The molecule has 1 fully saturated rings. The van der Waals surface area contributed by atoms with Crippen LogP contribution in [-0.4, -0.2) is 46.7 Å². The summed E-state index contributed by atoms with van der Waals surface area (Å²) in [5.41, 5.74) is -1.27. The van der Waals surface area contributed by atoms with E-state index in [9.17, 15) is 14.0 Å². The Balaban J connectivity index is 1.97. The average Bonchev–Trinajstić information content (AvgIpc) is 2.84. The lowest BCUT2D eigenvalue weighted by molar-refractivity contribution is -0.150. The second-order valence-electron chi connectivity index (χ2n) is 5.35. The summed E-state index contributed by atoms with van der Waals surface area (Å²) in [5, 5.41) is 8.83. The molecule has 1 heterocycles. The van der Waals surface area contributed by atoms with E-state index in [4.69, 9.17) is 9.84 Å². The third-order valence-corrected chi connectivity index (χ3v) is 3.60. The van der Waals surface area contributed by atoms with Crippen molar-refractivity contribution in [1.82, 2.24) is 4.90 Å². The van der Waals surface area contributed by atoms with Crippen molar-refractivity contribution in [2.24, 2.45) is 0 Å². The molecule has 5 nitrogen and oxygen atoms in total. The molecule has 114 valence electrons. The van der Waals surface area contributed by atoms with Gasteiger partial charge in [0.15, 0.2) is 6.10 Å². The van der Waals surface area contributed by atoms with Gasteiger partial charge < -0.3 is 14.7 Å². The number of nitrogens with zero attached hydrogens (tertiary/aromatic N) is 1. The Morgan fingerprint density at radius 1 is 1.38 bits per heavy atom. The number of hydrogen-bond donors (Lipinski definition) is 1. The molecule has 1 N–H and O–H groups in total. The fourth-order valence-corrected chi connectivity index (χ4v) is 2.26. The summed E-state index contributed by atoms with van der Waals surface area (Å²) in [7, 11) is 0. The Morgan fingerprint density at radius 2 is 2.00 bits per heavy atom. The monoisotopic (exact) mass is 295 g/mol. The second kappa shape index (κ2) is 5.71. The number of aryl methyl sites for hydroxylation is 1. The van der Waals surface area contributed by atoms with E-state index in [-0.39, 0.29) is 13.0 Å². The van der Waals surface area contributed by atoms with Crippen molar-refractivity contribution in [3.05, 3.63) is 29.8 Å². The number of ether oxygens (including phenoxy) is 1. The van der Waals surface area contributed by atoms with Crippen molar-refractivity contribution in [2.45, 2.75) is 32.0 Å². The molecule has 1 aromatic rings. The Hall–Kier alpha value is -2.11. The highest BCUT2D eigenvalue weighted by Crippen LogP contribution is 2.27. The van der Waals surface area contributed by atoms with Gasteiger partial charge in [-0.1, -0.05) is 17.7 Å². The summed E-state index contributed by atoms with van der Waals surface area (Å²) in [5.74, 6) is -1.38. The van der Waals surface area contributed by atoms with Gasteiger partial charge in [0.2, 0.25) is 5.67 Å². The number of carbonyl (C=O) groups is 2. The molecule has 1 aromatic carbocycles. The lowest BCUT2D eigenvalue weighted by Crippen LogP contribution is -2.43. The lowest BCUT2D eigenvalue weighted by atomic mass is 10.1. The van der Waals surface area contributed by atoms with E-state index in [1.807, 2.05) is 19.1 Å². The highest BCUT2D eigenvalue weighted by Gasteiger charge is 2.47. The van der Waals surface area contributed by atoms with Crippen molar-refractivity contribution in [2.75, 3.05) is 13.1 Å². The maximum Gasteiger partial charge on any atom is 0.343 e. The van der Waals surface area contributed by atoms with Crippen molar-refractivity contribution in [3.8, 4) is 5.75 Å². The lowest BCUT2D eigenvalue weighted by Gasteiger charge is -2.22. The van der Waals surface area contributed by atoms with E-state index in [2.05, 4.69) is 0 Å². The molecule has 1 aliphatic heterocycles. The van der Waals surface area contributed by atoms with E-state index in [1.165, 1.54) is 4.90 Å². The van der Waals surface area contributed by atoms with E-state index >= 15 is 0 Å². The molecule has 6 heteroatoms. The summed E-state index contributed by atoms with van der Waals surface area (Å²) in [4.78, 5) is 24.2. The molecule has 1 aliphatic rings. The number of carboxylic acid groups (broad SMARTS) is 1. The number of amides is 1. The maximum atomic E-state index is 13.9. The molecular formula is C15H18FNO4. The Kier molecular flexibility index (Phi) is 4.16. The summed E-state index contributed by atoms with van der Waals surface area (Å²) >= 11 is 0. The van der Waals surface area contributed by atoms with Gasteiger partial charge in [-0.3, -0.25) is 4.79 Å². The van der Waals surface area contributed by atoms with E-state index in [0.717, 1.165) is 5.56 Å². The second-order valence-corrected chi connectivity index (χ2v) is 5.35. The molecule has 1 saturated heterocycles. The first-order valence-electron chi connectivity index (χ1n) is 6.76.